The fraction of sp³-hybridized carbons (Fsp3) is 0.176. The highest BCUT2D eigenvalue weighted by atomic mass is 35.5. The zero-order valence-electron chi connectivity index (χ0n) is 12.3. The molecule has 1 aliphatic heterocycles. The van der Waals surface area contributed by atoms with Crippen LogP contribution >= 0.6 is 11.6 Å². The van der Waals surface area contributed by atoms with Gasteiger partial charge >= 0.3 is 0 Å². The van der Waals surface area contributed by atoms with Gasteiger partial charge in [-0.1, -0.05) is 29.8 Å². The van der Waals surface area contributed by atoms with Gasteiger partial charge in [-0.25, -0.2) is 0 Å². The summed E-state index contributed by atoms with van der Waals surface area (Å²) in [4.78, 5) is 23.6. The number of fused-ring (bicyclic) bond motifs is 1. The lowest BCUT2D eigenvalue weighted by Gasteiger charge is -2.20. The number of benzene rings is 2. The molecule has 0 unspecified atom stereocenters. The zero-order valence-corrected chi connectivity index (χ0v) is 13.0. The van der Waals surface area contributed by atoms with Crippen LogP contribution in [0.3, 0.4) is 0 Å². The number of hydrogen-bond donors (Lipinski definition) is 2. The maximum atomic E-state index is 12.3. The lowest BCUT2D eigenvalue weighted by Crippen LogP contribution is -2.30. The molecule has 2 amide bonds. The molecule has 0 saturated carbocycles. The van der Waals surface area contributed by atoms with Crippen molar-refractivity contribution in [2.45, 2.75) is 6.42 Å². The number of nitrogens with one attached hydrogen (secondary N) is 2. The molecule has 1 heterocycles. The average molecular weight is 331 g/mol. The molecule has 5 nitrogen and oxygen atoms in total. The van der Waals surface area contributed by atoms with Gasteiger partial charge in [0.25, 0.3) is 11.8 Å². The maximum Gasteiger partial charge on any atom is 0.262 e. The van der Waals surface area contributed by atoms with Crippen LogP contribution in [-0.4, -0.2) is 25.0 Å². The molecule has 6 heteroatoms. The van der Waals surface area contributed by atoms with Crippen molar-refractivity contribution in [1.82, 2.24) is 5.32 Å². The van der Waals surface area contributed by atoms with Crippen LogP contribution in [0.15, 0.2) is 42.5 Å². The molecule has 0 aromatic heterocycles. The highest BCUT2D eigenvalue weighted by molar-refractivity contribution is 6.30. The third kappa shape index (κ3) is 3.63. The quantitative estimate of drug-likeness (QED) is 0.905. The number of carbonyl (C=O) groups is 2. The van der Waals surface area contributed by atoms with Crippen molar-refractivity contribution >= 4 is 29.1 Å². The summed E-state index contributed by atoms with van der Waals surface area (Å²) in [6.07, 6.45) is 0.704. The molecule has 23 heavy (non-hydrogen) atoms. The highest BCUT2D eigenvalue weighted by Gasteiger charge is 2.22. The molecule has 1 aliphatic rings. The predicted molar refractivity (Wildman–Crippen MR) is 88.1 cm³/mol. The summed E-state index contributed by atoms with van der Waals surface area (Å²) in [7, 11) is 0. The molecule has 0 aliphatic carbocycles. The molecule has 2 aromatic carbocycles. The molecule has 0 spiro atoms. The standard InChI is InChI=1S/C17H15ClN2O3/c18-12-6-4-11(5-7-12)8-9-19-17(22)13-2-1-3-14-16(13)23-10-15(21)20-14/h1-7H,8-10H2,(H,19,22)(H,20,21). The first-order chi connectivity index (χ1) is 11.1. The zero-order chi connectivity index (χ0) is 16.2. The largest absolute Gasteiger partial charge is 0.481 e. The number of halogens is 1. The first-order valence-electron chi connectivity index (χ1n) is 7.22. The fourth-order valence-corrected chi connectivity index (χ4v) is 2.49. The third-order valence-corrected chi connectivity index (χ3v) is 3.75. The van der Waals surface area contributed by atoms with Crippen LogP contribution in [0, 0.1) is 0 Å². The molecule has 3 rings (SSSR count). The van der Waals surface area contributed by atoms with Gasteiger partial charge in [0.2, 0.25) is 0 Å². The van der Waals surface area contributed by atoms with Crippen LogP contribution in [-0.2, 0) is 11.2 Å². The monoisotopic (exact) mass is 330 g/mol. The Labute approximate surface area is 138 Å². The average Bonchev–Trinajstić information content (AvgIpc) is 2.55. The molecular weight excluding hydrogens is 316 g/mol. The third-order valence-electron chi connectivity index (χ3n) is 3.49. The van der Waals surface area contributed by atoms with Crippen molar-refractivity contribution in [2.75, 3.05) is 18.5 Å². The lowest BCUT2D eigenvalue weighted by molar-refractivity contribution is -0.118. The Bertz CT molecular complexity index is 744. The van der Waals surface area contributed by atoms with Gasteiger partial charge < -0.3 is 15.4 Å². The number of ether oxygens (including phenoxy) is 1. The van der Waals surface area contributed by atoms with Crippen molar-refractivity contribution in [3.05, 3.63) is 58.6 Å². The van der Waals surface area contributed by atoms with Crippen molar-refractivity contribution in [3.8, 4) is 5.75 Å². The minimum atomic E-state index is -0.230. The Morgan fingerprint density at radius 2 is 2.00 bits per heavy atom. The van der Waals surface area contributed by atoms with E-state index < -0.39 is 0 Å². The second kappa shape index (κ2) is 6.71. The summed E-state index contributed by atoms with van der Waals surface area (Å²) >= 11 is 5.84. The highest BCUT2D eigenvalue weighted by Crippen LogP contribution is 2.31. The van der Waals surface area contributed by atoms with Crippen LogP contribution in [0.5, 0.6) is 5.75 Å². The van der Waals surface area contributed by atoms with E-state index in [-0.39, 0.29) is 18.4 Å². The van der Waals surface area contributed by atoms with Crippen LogP contribution < -0.4 is 15.4 Å². The second-order valence-electron chi connectivity index (χ2n) is 5.15. The number of carbonyl (C=O) groups excluding carboxylic acids is 2. The number of amides is 2. The molecule has 118 valence electrons. The number of anilines is 1. The van der Waals surface area contributed by atoms with E-state index in [0.29, 0.717) is 35.0 Å². The van der Waals surface area contributed by atoms with E-state index in [1.165, 1.54) is 0 Å². The Morgan fingerprint density at radius 3 is 2.78 bits per heavy atom. The fourth-order valence-electron chi connectivity index (χ4n) is 2.36. The Morgan fingerprint density at radius 1 is 1.22 bits per heavy atom. The van der Waals surface area contributed by atoms with Gasteiger partial charge in [-0.15, -0.1) is 0 Å². The number of para-hydroxylation sites is 1. The van der Waals surface area contributed by atoms with E-state index in [2.05, 4.69) is 10.6 Å². The SMILES string of the molecule is O=C1COc2c(cccc2C(=O)NCCc2ccc(Cl)cc2)N1. The van der Waals surface area contributed by atoms with Crippen molar-refractivity contribution in [2.24, 2.45) is 0 Å². The minimum Gasteiger partial charge on any atom is -0.481 e. The lowest BCUT2D eigenvalue weighted by atomic mass is 10.1. The van der Waals surface area contributed by atoms with Crippen LogP contribution in [0.4, 0.5) is 5.69 Å². The summed E-state index contributed by atoms with van der Waals surface area (Å²) in [6.45, 7) is 0.415. The first-order valence-corrected chi connectivity index (χ1v) is 7.59. The summed E-state index contributed by atoms with van der Waals surface area (Å²) in [5, 5.41) is 6.23. The Balaban J connectivity index is 1.63. The van der Waals surface area contributed by atoms with E-state index in [4.69, 9.17) is 16.3 Å². The first kappa shape index (κ1) is 15.4. The van der Waals surface area contributed by atoms with E-state index in [1.54, 1.807) is 18.2 Å². The van der Waals surface area contributed by atoms with Crippen LogP contribution in [0.25, 0.3) is 0 Å². The van der Waals surface area contributed by atoms with Crippen molar-refractivity contribution < 1.29 is 14.3 Å². The van der Waals surface area contributed by atoms with Gasteiger partial charge in [0.1, 0.15) is 0 Å². The number of hydrogen-bond acceptors (Lipinski definition) is 3. The predicted octanol–water partition coefficient (Wildman–Crippen LogP) is 2.64. The summed E-state index contributed by atoms with van der Waals surface area (Å²) in [5.41, 5.74) is 2.03. The van der Waals surface area contributed by atoms with Gasteiger partial charge in [-0.2, -0.15) is 0 Å². The normalized spacial score (nSPS) is 12.8. The molecule has 2 N–H and O–H groups in total. The summed E-state index contributed by atoms with van der Waals surface area (Å²) in [5.74, 6) is -0.0409. The molecule has 0 atom stereocenters. The Hall–Kier alpha value is -2.53. The molecule has 0 fully saturated rings. The van der Waals surface area contributed by atoms with E-state index >= 15 is 0 Å². The van der Waals surface area contributed by atoms with Gasteiger partial charge in [0, 0.05) is 11.6 Å². The Kier molecular flexibility index (Phi) is 4.48. The van der Waals surface area contributed by atoms with E-state index in [1.807, 2.05) is 24.3 Å². The molecule has 2 aromatic rings. The van der Waals surface area contributed by atoms with Crippen molar-refractivity contribution in [1.29, 1.82) is 0 Å². The smallest absolute Gasteiger partial charge is 0.262 e. The molecular formula is C17H15ClN2O3. The molecule has 0 saturated heterocycles. The van der Waals surface area contributed by atoms with Gasteiger partial charge in [0.15, 0.2) is 12.4 Å². The topological polar surface area (TPSA) is 67.4 Å². The van der Waals surface area contributed by atoms with Gasteiger partial charge in [-0.3, -0.25) is 9.59 Å². The second-order valence-corrected chi connectivity index (χ2v) is 5.59. The van der Waals surface area contributed by atoms with Crippen molar-refractivity contribution in [3.63, 3.8) is 0 Å². The van der Waals surface area contributed by atoms with Crippen LogP contribution in [0.1, 0.15) is 15.9 Å². The molecule has 0 radical (unpaired) electrons. The van der Waals surface area contributed by atoms with E-state index in [9.17, 15) is 9.59 Å². The maximum absolute atomic E-state index is 12.3. The summed E-state index contributed by atoms with van der Waals surface area (Å²) in [6, 6.07) is 12.6. The van der Waals surface area contributed by atoms with E-state index in [0.717, 1.165) is 5.56 Å². The van der Waals surface area contributed by atoms with Gasteiger partial charge in [0.05, 0.1) is 11.3 Å². The summed E-state index contributed by atoms with van der Waals surface area (Å²) < 4.78 is 5.38. The van der Waals surface area contributed by atoms with Gasteiger partial charge in [-0.05, 0) is 36.2 Å². The minimum absolute atomic E-state index is 0.0813. The number of rotatable bonds is 4. The molecule has 0 bridgehead atoms. The van der Waals surface area contributed by atoms with Crippen LogP contribution in [0.2, 0.25) is 5.02 Å².